The summed E-state index contributed by atoms with van der Waals surface area (Å²) in [5.74, 6) is 0.820. The van der Waals surface area contributed by atoms with Crippen LogP contribution in [0.15, 0.2) is 55.1 Å². The van der Waals surface area contributed by atoms with Crippen molar-refractivity contribution in [3.63, 3.8) is 0 Å². The van der Waals surface area contributed by atoms with Gasteiger partial charge in [0.25, 0.3) is 11.8 Å². The van der Waals surface area contributed by atoms with Gasteiger partial charge >= 0.3 is 0 Å². The molecule has 2 aliphatic rings. The molecule has 4 aromatic heterocycles. The predicted octanol–water partition coefficient (Wildman–Crippen LogP) is 19.9. The number of halogens is 2. The molecule has 6 heterocycles. The Morgan fingerprint density at radius 3 is 1.05 bits per heavy atom. The normalized spacial score (nSPS) is 15.1. The van der Waals surface area contributed by atoms with Gasteiger partial charge in [0.2, 0.25) is 0 Å². The Morgan fingerprint density at radius 2 is 0.727 bits per heavy atom. The quantitative estimate of drug-likeness (QED) is 0.0457. The van der Waals surface area contributed by atoms with E-state index in [1.54, 1.807) is 45.3 Å². The third kappa shape index (κ3) is 14.2. The van der Waals surface area contributed by atoms with Gasteiger partial charge in [0.05, 0.1) is 39.9 Å². The number of rotatable bonds is 32. The fourth-order valence-corrected chi connectivity index (χ4v) is 15.3. The van der Waals surface area contributed by atoms with Crippen LogP contribution in [0.2, 0.25) is 0 Å². The van der Waals surface area contributed by atoms with E-state index >= 15 is 9.59 Å². The van der Waals surface area contributed by atoms with Gasteiger partial charge in [-0.05, 0) is 131 Å². The number of thiophene rings is 4. The third-order valence-corrected chi connectivity index (χ3v) is 20.7. The van der Waals surface area contributed by atoms with Crippen LogP contribution < -0.4 is 0 Å². The first-order valence-electron chi connectivity index (χ1n) is 26.0. The zero-order valence-corrected chi connectivity index (χ0v) is 47.5. The van der Waals surface area contributed by atoms with E-state index in [2.05, 4.69) is 120 Å². The van der Waals surface area contributed by atoms with E-state index in [1.807, 2.05) is 0 Å². The van der Waals surface area contributed by atoms with Crippen molar-refractivity contribution in [1.82, 2.24) is 9.80 Å². The maximum Gasteiger partial charge on any atom is 0.261 e. The van der Waals surface area contributed by atoms with Gasteiger partial charge in [0, 0.05) is 32.6 Å². The molecule has 0 aliphatic carbocycles. The van der Waals surface area contributed by atoms with Crippen molar-refractivity contribution in [2.75, 3.05) is 13.1 Å². The molecule has 66 heavy (non-hydrogen) atoms. The lowest BCUT2D eigenvalue weighted by Crippen LogP contribution is -2.34. The molecule has 2 unspecified atom stereocenters. The van der Waals surface area contributed by atoms with Gasteiger partial charge in [0.15, 0.2) is 0 Å². The van der Waals surface area contributed by atoms with Crippen LogP contribution in [0.25, 0.3) is 30.9 Å². The van der Waals surface area contributed by atoms with Crippen LogP contribution in [-0.2, 0) is 9.59 Å². The second-order valence-electron chi connectivity index (χ2n) is 19.3. The number of carbonyl (C=O) groups is 2. The highest BCUT2D eigenvalue weighted by atomic mass is 79.9. The molecule has 6 rings (SSSR count). The molecule has 2 aliphatic heterocycles. The Morgan fingerprint density at radius 1 is 0.424 bits per heavy atom. The summed E-state index contributed by atoms with van der Waals surface area (Å²) < 4.78 is 2.30. The van der Waals surface area contributed by atoms with Crippen LogP contribution in [0.1, 0.15) is 203 Å². The van der Waals surface area contributed by atoms with Crippen molar-refractivity contribution in [3.05, 3.63) is 76.0 Å². The van der Waals surface area contributed by atoms with E-state index in [0.717, 1.165) is 54.4 Å². The molecule has 0 radical (unpaired) electrons. The number of unbranched alkanes of at least 4 members (excludes halogenated alkanes) is 16. The summed E-state index contributed by atoms with van der Waals surface area (Å²) in [4.78, 5) is 42.5. The Labute approximate surface area is 432 Å². The summed E-state index contributed by atoms with van der Waals surface area (Å²) in [6.45, 7) is 14.8. The number of aryl methyl sites for hydroxylation is 2. The molecular weight excluding hydrogens is 1020 g/mol. The van der Waals surface area contributed by atoms with E-state index in [1.165, 1.54) is 159 Å². The second-order valence-corrected chi connectivity index (χ2v) is 26.2. The van der Waals surface area contributed by atoms with Crippen LogP contribution in [0, 0.1) is 25.7 Å². The highest BCUT2D eigenvalue weighted by Gasteiger charge is 2.50. The summed E-state index contributed by atoms with van der Waals surface area (Å²) in [5.41, 5.74) is 5.46. The zero-order chi connectivity index (χ0) is 47.0. The van der Waals surface area contributed by atoms with Crippen LogP contribution in [0.3, 0.4) is 0 Å². The number of nitrogens with zero attached hydrogens (tertiary/aromatic N) is 2. The van der Waals surface area contributed by atoms with Gasteiger partial charge in [-0.3, -0.25) is 9.59 Å². The first-order valence-corrected chi connectivity index (χ1v) is 30.8. The molecule has 4 nitrogen and oxygen atoms in total. The van der Waals surface area contributed by atoms with E-state index in [0.29, 0.717) is 36.1 Å². The number of hydrogen-bond acceptors (Lipinski definition) is 6. The predicted molar refractivity (Wildman–Crippen MR) is 298 cm³/mol. The van der Waals surface area contributed by atoms with Gasteiger partial charge in [-0.1, -0.05) is 156 Å². The van der Waals surface area contributed by atoms with Gasteiger partial charge in [-0.15, -0.1) is 45.3 Å². The average molecular weight is 1100 g/mol. The third-order valence-electron chi connectivity index (χ3n) is 13.8. The Balaban J connectivity index is 1.44. The average Bonchev–Trinajstić information content (AvgIpc) is 4.18. The van der Waals surface area contributed by atoms with Crippen molar-refractivity contribution in [1.29, 1.82) is 0 Å². The Bertz CT molecular complexity index is 2030. The molecule has 0 N–H and O–H groups in total. The Kier molecular flexibility index (Phi) is 22.3. The van der Waals surface area contributed by atoms with Gasteiger partial charge in [-0.25, -0.2) is 0 Å². The number of fused-ring (bicyclic) bond motifs is 1. The smallest absolute Gasteiger partial charge is 0.261 e. The van der Waals surface area contributed by atoms with Crippen molar-refractivity contribution in [2.24, 2.45) is 11.8 Å². The topological polar surface area (TPSA) is 40.6 Å². The summed E-state index contributed by atoms with van der Waals surface area (Å²) in [6, 6.07) is 13.3. The molecular formula is C56H78Br2N2O2S4. The molecule has 0 aromatic carbocycles. The fraction of sp³-hybridized carbons (Fsp3) is 0.607. The molecule has 0 bridgehead atoms. The number of amides is 2. The van der Waals surface area contributed by atoms with Crippen LogP contribution in [0.5, 0.6) is 0 Å². The molecule has 0 spiro atoms. The minimum atomic E-state index is 0.0251. The highest BCUT2D eigenvalue weighted by Crippen LogP contribution is 2.52. The van der Waals surface area contributed by atoms with Crippen LogP contribution >= 0.6 is 77.2 Å². The number of hydrogen-bond donors (Lipinski definition) is 0. The maximum atomic E-state index is 15.7. The summed E-state index contributed by atoms with van der Waals surface area (Å²) in [7, 11) is 0. The lowest BCUT2D eigenvalue weighted by atomic mass is 9.93. The molecule has 0 fully saturated rings. The van der Waals surface area contributed by atoms with Crippen molar-refractivity contribution in [2.45, 2.75) is 196 Å². The SMILES string of the molecule is CCCCCCCCC(CCCCCC)CN1C(=O)C2=C(c3ccc(-c4cc(C)c(Br)s4)s3)N(CC(CCCCCC)CCCCCCCC)C(=O)C2=C1c1ccc(-c2cc(C)c(Br)s2)s1. The maximum absolute atomic E-state index is 15.7. The van der Waals surface area contributed by atoms with Gasteiger partial charge < -0.3 is 9.80 Å². The van der Waals surface area contributed by atoms with Crippen molar-refractivity contribution < 1.29 is 9.59 Å². The summed E-state index contributed by atoms with van der Waals surface area (Å²) in [6.07, 6.45) is 29.5. The molecule has 0 saturated heterocycles. The van der Waals surface area contributed by atoms with Crippen molar-refractivity contribution >= 4 is 100 Å². The fourth-order valence-electron chi connectivity index (χ4n) is 9.93. The van der Waals surface area contributed by atoms with E-state index in [4.69, 9.17) is 0 Å². The first-order chi connectivity index (χ1) is 32.1. The first kappa shape index (κ1) is 53.5. The van der Waals surface area contributed by atoms with Gasteiger partial charge in [0.1, 0.15) is 0 Å². The van der Waals surface area contributed by atoms with E-state index in [-0.39, 0.29) is 11.8 Å². The summed E-state index contributed by atoms with van der Waals surface area (Å²) >= 11 is 14.5. The summed E-state index contributed by atoms with van der Waals surface area (Å²) in [5, 5.41) is 0. The van der Waals surface area contributed by atoms with E-state index in [9.17, 15) is 0 Å². The minimum Gasteiger partial charge on any atom is -0.306 e. The molecule has 2 atom stereocenters. The standard InChI is InChI=1S/C56H78Br2N2O2S4/c1-7-11-15-19-21-25-29-41(27-23-17-13-9-3)37-59-51(45-33-31-43(63-45)47-35-39(5)53(57)65-47)49-50(55(59)61)52(46-34-32-44(64-46)48-36-40(6)54(58)66-48)60(56(49)62)38-42(28-24-18-14-10-4)30-26-22-20-16-12-8-2/h31-36,41-42H,7-30,37-38H2,1-6H3. The van der Waals surface area contributed by atoms with E-state index < -0.39 is 0 Å². The lowest BCUT2D eigenvalue weighted by Gasteiger charge is -2.29. The van der Waals surface area contributed by atoms with Gasteiger partial charge in [-0.2, -0.15) is 0 Å². The largest absolute Gasteiger partial charge is 0.306 e. The molecule has 2 amide bonds. The van der Waals surface area contributed by atoms with Crippen LogP contribution in [0.4, 0.5) is 0 Å². The highest BCUT2D eigenvalue weighted by molar-refractivity contribution is 9.11. The molecule has 4 aromatic rings. The second kappa shape index (κ2) is 27.5. The number of carbonyl (C=O) groups excluding carboxylic acids is 2. The molecule has 0 saturated carbocycles. The molecule has 362 valence electrons. The van der Waals surface area contributed by atoms with Crippen LogP contribution in [-0.4, -0.2) is 34.7 Å². The van der Waals surface area contributed by atoms with Crippen molar-refractivity contribution in [3.8, 4) is 19.5 Å². The monoisotopic (exact) mass is 1100 g/mol. The zero-order valence-electron chi connectivity index (χ0n) is 41.1. The minimum absolute atomic E-state index is 0.0251. The lowest BCUT2D eigenvalue weighted by molar-refractivity contribution is -0.124. The Hall–Kier alpha value is -1.82. The molecule has 10 heteroatoms.